The Bertz CT molecular complexity index is 1510. The van der Waals surface area contributed by atoms with Crippen LogP contribution in [0.4, 0.5) is 4.79 Å². The number of aromatic nitrogens is 3. The molecular weight excluding hydrogens is 500 g/mol. The number of carbonyl (C=O) groups excluding carboxylic acids is 2. The maximum atomic E-state index is 13.4. The predicted octanol–water partition coefficient (Wildman–Crippen LogP) is 3.91. The standard InChI is InChI=1S/C29H30N4O6/c34-21-10-4-5-11-28(21)12-6-9-19-22(32-39-24(19)28)25-30-23-20(26(35)31-25)15-33(29(23)13-14-37-17-29)27(36)38-16-18-7-2-1-3-8-18/h1-3,7-8H,4-6,9-17H2,(H,30,31,35)/t28-,29?/m1/s1. The van der Waals surface area contributed by atoms with Crippen LogP contribution in [0, 0.1) is 0 Å². The van der Waals surface area contributed by atoms with Gasteiger partial charge in [-0.05, 0) is 37.7 Å². The van der Waals surface area contributed by atoms with Gasteiger partial charge in [0.2, 0.25) is 0 Å². The number of rotatable bonds is 3. The number of H-pyrrole nitrogens is 1. The second-order valence-corrected chi connectivity index (χ2v) is 11.1. The number of hydrogen-bond acceptors (Lipinski definition) is 8. The second kappa shape index (κ2) is 9.15. The number of ether oxygens (including phenoxy) is 2. The summed E-state index contributed by atoms with van der Waals surface area (Å²) >= 11 is 0. The van der Waals surface area contributed by atoms with Gasteiger partial charge in [-0.2, -0.15) is 0 Å². The molecule has 3 aromatic rings. The molecule has 10 heteroatoms. The fraction of sp³-hybridized carbons (Fsp3) is 0.483. The molecule has 4 heterocycles. The molecule has 1 saturated heterocycles. The van der Waals surface area contributed by atoms with E-state index in [-0.39, 0.29) is 31.1 Å². The Kier molecular flexibility index (Phi) is 5.69. The van der Waals surface area contributed by atoms with Crippen LogP contribution in [0.2, 0.25) is 0 Å². The van der Waals surface area contributed by atoms with Crippen molar-refractivity contribution in [2.45, 2.75) is 75.5 Å². The Labute approximate surface area is 224 Å². The summed E-state index contributed by atoms with van der Waals surface area (Å²) in [6.45, 7) is 0.883. The van der Waals surface area contributed by atoms with Crippen LogP contribution in [-0.2, 0) is 44.8 Å². The number of ketones is 1. The number of fused-ring (bicyclic) bond motifs is 4. The van der Waals surface area contributed by atoms with E-state index < -0.39 is 17.0 Å². The average molecular weight is 531 g/mol. The van der Waals surface area contributed by atoms with E-state index in [0.29, 0.717) is 54.4 Å². The molecule has 10 nitrogen and oxygen atoms in total. The molecule has 0 bridgehead atoms. The topological polar surface area (TPSA) is 128 Å². The molecule has 7 rings (SSSR count). The summed E-state index contributed by atoms with van der Waals surface area (Å²) in [5.74, 6) is 1.16. The Morgan fingerprint density at radius 3 is 2.69 bits per heavy atom. The zero-order valence-corrected chi connectivity index (χ0v) is 21.7. The third kappa shape index (κ3) is 3.68. The number of amides is 1. The van der Waals surface area contributed by atoms with Crippen LogP contribution in [0.5, 0.6) is 0 Å². The van der Waals surface area contributed by atoms with Crippen molar-refractivity contribution in [3.8, 4) is 11.5 Å². The van der Waals surface area contributed by atoms with Crippen LogP contribution >= 0.6 is 0 Å². The lowest BCUT2D eigenvalue weighted by Gasteiger charge is -2.36. The fourth-order valence-electron chi connectivity index (χ4n) is 6.95. The highest BCUT2D eigenvalue weighted by molar-refractivity contribution is 5.91. The van der Waals surface area contributed by atoms with Gasteiger partial charge in [0.25, 0.3) is 5.56 Å². The minimum Gasteiger partial charge on any atom is -0.445 e. The van der Waals surface area contributed by atoms with Gasteiger partial charge < -0.3 is 19.0 Å². The van der Waals surface area contributed by atoms with E-state index in [9.17, 15) is 14.4 Å². The van der Waals surface area contributed by atoms with E-state index in [1.165, 1.54) is 0 Å². The van der Waals surface area contributed by atoms with Gasteiger partial charge in [0, 0.05) is 25.0 Å². The van der Waals surface area contributed by atoms with Gasteiger partial charge >= 0.3 is 6.09 Å². The van der Waals surface area contributed by atoms with Gasteiger partial charge in [-0.15, -0.1) is 0 Å². The maximum Gasteiger partial charge on any atom is 0.411 e. The van der Waals surface area contributed by atoms with Crippen molar-refractivity contribution < 1.29 is 23.6 Å². The molecule has 1 aromatic carbocycles. The third-order valence-corrected chi connectivity index (χ3v) is 8.98. The monoisotopic (exact) mass is 530 g/mol. The first kappa shape index (κ1) is 24.3. The average Bonchev–Trinajstić information content (AvgIpc) is 3.69. The number of hydrogen-bond donors (Lipinski definition) is 1. The molecule has 0 radical (unpaired) electrons. The lowest BCUT2D eigenvalue weighted by atomic mass is 9.64. The van der Waals surface area contributed by atoms with Crippen LogP contribution in [0.3, 0.4) is 0 Å². The number of nitrogens with zero attached hydrogens (tertiary/aromatic N) is 3. The van der Waals surface area contributed by atoms with Crippen LogP contribution < -0.4 is 5.56 Å². The highest BCUT2D eigenvalue weighted by Gasteiger charge is 2.54. The Morgan fingerprint density at radius 2 is 1.90 bits per heavy atom. The van der Waals surface area contributed by atoms with E-state index in [0.717, 1.165) is 43.2 Å². The maximum absolute atomic E-state index is 13.4. The molecule has 1 N–H and O–H groups in total. The van der Waals surface area contributed by atoms with Gasteiger partial charge in [0.15, 0.2) is 17.3 Å². The van der Waals surface area contributed by atoms with Crippen molar-refractivity contribution >= 4 is 11.9 Å². The smallest absolute Gasteiger partial charge is 0.411 e. The number of aromatic amines is 1. The van der Waals surface area contributed by atoms with Crippen molar-refractivity contribution in [2.24, 2.45) is 0 Å². The Hall–Kier alpha value is -3.79. The lowest BCUT2D eigenvalue weighted by molar-refractivity contribution is -0.128. The summed E-state index contributed by atoms with van der Waals surface area (Å²) in [6.07, 6.45) is 5.52. The number of carbonyl (C=O) groups is 2. The van der Waals surface area contributed by atoms with E-state index >= 15 is 0 Å². The SMILES string of the molecule is O=C(OCc1ccccc1)N1Cc2c(nc(-c3noc4c3CCC[C@@]43CCCCC3=O)[nH]c2=O)C12CCOC2. The van der Waals surface area contributed by atoms with Crippen LogP contribution in [0.25, 0.3) is 11.5 Å². The molecule has 2 aromatic heterocycles. The molecule has 1 unspecified atom stereocenters. The van der Waals surface area contributed by atoms with E-state index in [1.807, 2.05) is 30.3 Å². The van der Waals surface area contributed by atoms with Crippen LogP contribution in [-0.4, -0.2) is 45.1 Å². The minimum atomic E-state index is -0.892. The Morgan fingerprint density at radius 1 is 1.05 bits per heavy atom. The van der Waals surface area contributed by atoms with Crippen molar-refractivity contribution in [1.29, 1.82) is 0 Å². The fourth-order valence-corrected chi connectivity index (χ4v) is 6.95. The molecule has 2 aliphatic heterocycles. The van der Waals surface area contributed by atoms with Crippen molar-refractivity contribution in [3.05, 3.63) is 68.8 Å². The van der Waals surface area contributed by atoms with Gasteiger partial charge in [-0.25, -0.2) is 9.78 Å². The van der Waals surface area contributed by atoms with Crippen LogP contribution in [0.1, 0.15) is 73.1 Å². The summed E-state index contributed by atoms with van der Waals surface area (Å²) in [7, 11) is 0. The Balaban J connectivity index is 1.25. The van der Waals surface area contributed by atoms with E-state index in [4.69, 9.17) is 19.0 Å². The number of Topliss-reactive ketones (excluding diaryl/α,β-unsaturated/α-hetero) is 1. The number of nitrogens with one attached hydrogen (secondary N) is 1. The van der Waals surface area contributed by atoms with E-state index in [2.05, 4.69) is 10.1 Å². The summed E-state index contributed by atoms with van der Waals surface area (Å²) in [6, 6.07) is 9.47. The lowest BCUT2D eigenvalue weighted by Crippen LogP contribution is -2.45. The second-order valence-electron chi connectivity index (χ2n) is 11.1. The molecule has 2 atom stereocenters. The van der Waals surface area contributed by atoms with Crippen LogP contribution in [0.15, 0.2) is 39.6 Å². The molecule has 1 saturated carbocycles. The van der Waals surface area contributed by atoms with Gasteiger partial charge in [-0.1, -0.05) is 41.9 Å². The molecule has 4 aliphatic rings. The first-order valence-electron chi connectivity index (χ1n) is 13.7. The van der Waals surface area contributed by atoms with Gasteiger partial charge in [0.1, 0.15) is 17.9 Å². The summed E-state index contributed by atoms with van der Waals surface area (Å²) in [4.78, 5) is 49.2. The zero-order chi connectivity index (χ0) is 26.6. The van der Waals surface area contributed by atoms with Crippen molar-refractivity contribution in [1.82, 2.24) is 20.0 Å². The molecule has 39 heavy (non-hydrogen) atoms. The summed E-state index contributed by atoms with van der Waals surface area (Å²) < 4.78 is 17.3. The summed E-state index contributed by atoms with van der Waals surface area (Å²) in [5.41, 5.74) is 1.32. The highest BCUT2D eigenvalue weighted by atomic mass is 16.6. The number of benzene rings is 1. The quantitative estimate of drug-likeness (QED) is 0.540. The molecule has 2 aliphatic carbocycles. The minimum absolute atomic E-state index is 0.0868. The van der Waals surface area contributed by atoms with Gasteiger partial charge in [0.05, 0.1) is 29.8 Å². The first-order valence-corrected chi connectivity index (χ1v) is 13.7. The predicted molar refractivity (Wildman–Crippen MR) is 138 cm³/mol. The molecule has 2 spiro atoms. The molecule has 1 amide bonds. The summed E-state index contributed by atoms with van der Waals surface area (Å²) in [5, 5.41) is 4.35. The van der Waals surface area contributed by atoms with Crippen molar-refractivity contribution in [3.63, 3.8) is 0 Å². The normalized spacial score (nSPS) is 25.7. The van der Waals surface area contributed by atoms with Crippen molar-refractivity contribution in [2.75, 3.05) is 13.2 Å². The highest BCUT2D eigenvalue weighted by Crippen LogP contribution is 2.48. The molecular formula is C29H30N4O6. The molecule has 2 fully saturated rings. The van der Waals surface area contributed by atoms with Gasteiger partial charge in [-0.3, -0.25) is 14.5 Å². The molecule has 202 valence electrons. The largest absolute Gasteiger partial charge is 0.445 e. The van der Waals surface area contributed by atoms with E-state index in [1.54, 1.807) is 4.90 Å². The zero-order valence-electron chi connectivity index (χ0n) is 21.7. The third-order valence-electron chi connectivity index (χ3n) is 8.98. The first-order chi connectivity index (χ1) is 19.0.